The van der Waals surface area contributed by atoms with E-state index in [1.807, 2.05) is 6.92 Å². The average Bonchev–Trinajstić information content (AvgIpc) is 1.95. The summed E-state index contributed by atoms with van der Waals surface area (Å²) in [7, 11) is 0. The Morgan fingerprint density at radius 1 is 1.60 bits per heavy atom. The van der Waals surface area contributed by atoms with Crippen LogP contribution in [-0.2, 0) is 6.42 Å². The van der Waals surface area contributed by atoms with Gasteiger partial charge in [-0.05, 0) is 34.5 Å². The third-order valence-corrected chi connectivity index (χ3v) is 1.83. The SMILES string of the molecule is CCc1ccc(O)c(Br)n1. The summed E-state index contributed by atoms with van der Waals surface area (Å²) in [4.78, 5) is 4.06. The quantitative estimate of drug-likeness (QED) is 0.707. The molecule has 1 N–H and O–H groups in total. The van der Waals surface area contributed by atoms with E-state index in [9.17, 15) is 0 Å². The molecule has 1 heterocycles. The second kappa shape index (κ2) is 3.01. The Bertz CT molecular complexity index is 237. The van der Waals surface area contributed by atoms with E-state index in [0.29, 0.717) is 4.60 Å². The average molecular weight is 202 g/mol. The van der Waals surface area contributed by atoms with E-state index in [1.165, 1.54) is 0 Å². The molecule has 0 fully saturated rings. The molecule has 1 aromatic rings. The van der Waals surface area contributed by atoms with Gasteiger partial charge in [0.05, 0.1) is 0 Å². The van der Waals surface area contributed by atoms with Crippen molar-refractivity contribution in [3.8, 4) is 5.75 Å². The lowest BCUT2D eigenvalue weighted by atomic mass is 10.3. The fourth-order valence-corrected chi connectivity index (χ4v) is 1.02. The first-order chi connectivity index (χ1) is 4.74. The molecule has 3 heteroatoms. The molecule has 0 unspecified atom stereocenters. The van der Waals surface area contributed by atoms with Crippen molar-refractivity contribution in [2.24, 2.45) is 0 Å². The lowest BCUT2D eigenvalue weighted by Gasteiger charge is -1.97. The first-order valence-corrected chi connectivity index (χ1v) is 3.87. The highest BCUT2D eigenvalue weighted by Crippen LogP contribution is 2.20. The predicted octanol–water partition coefficient (Wildman–Crippen LogP) is 2.11. The van der Waals surface area contributed by atoms with Crippen LogP contribution >= 0.6 is 15.9 Å². The molecular formula is C7H8BrNO. The zero-order chi connectivity index (χ0) is 7.56. The topological polar surface area (TPSA) is 33.1 Å². The van der Waals surface area contributed by atoms with Crippen molar-refractivity contribution in [3.63, 3.8) is 0 Å². The van der Waals surface area contributed by atoms with Gasteiger partial charge in [0.15, 0.2) is 0 Å². The van der Waals surface area contributed by atoms with Gasteiger partial charge in [-0.1, -0.05) is 6.92 Å². The number of pyridine rings is 1. The van der Waals surface area contributed by atoms with Crippen LogP contribution in [0.5, 0.6) is 5.75 Å². The number of aromatic nitrogens is 1. The minimum absolute atomic E-state index is 0.192. The summed E-state index contributed by atoms with van der Waals surface area (Å²) in [6, 6.07) is 3.44. The fraction of sp³-hybridized carbons (Fsp3) is 0.286. The third kappa shape index (κ3) is 1.48. The van der Waals surface area contributed by atoms with Gasteiger partial charge in [-0.25, -0.2) is 4.98 Å². The minimum Gasteiger partial charge on any atom is -0.505 e. The van der Waals surface area contributed by atoms with Crippen LogP contribution < -0.4 is 0 Å². The normalized spacial score (nSPS) is 9.80. The van der Waals surface area contributed by atoms with E-state index in [0.717, 1.165) is 12.1 Å². The second-order valence-electron chi connectivity index (χ2n) is 1.97. The van der Waals surface area contributed by atoms with Gasteiger partial charge in [0, 0.05) is 5.69 Å². The van der Waals surface area contributed by atoms with Crippen molar-refractivity contribution in [3.05, 3.63) is 22.4 Å². The van der Waals surface area contributed by atoms with Gasteiger partial charge in [-0.2, -0.15) is 0 Å². The van der Waals surface area contributed by atoms with Crippen LogP contribution in [-0.4, -0.2) is 10.1 Å². The second-order valence-corrected chi connectivity index (χ2v) is 2.72. The standard InChI is InChI=1S/C7H8BrNO/c1-2-5-3-4-6(10)7(8)9-5/h3-4,10H,2H2,1H3. The van der Waals surface area contributed by atoms with Crippen molar-refractivity contribution >= 4 is 15.9 Å². The summed E-state index contributed by atoms with van der Waals surface area (Å²) < 4.78 is 0.520. The van der Waals surface area contributed by atoms with E-state index < -0.39 is 0 Å². The van der Waals surface area contributed by atoms with E-state index in [4.69, 9.17) is 5.11 Å². The monoisotopic (exact) mass is 201 g/mol. The van der Waals surface area contributed by atoms with Gasteiger partial charge in [-0.15, -0.1) is 0 Å². The van der Waals surface area contributed by atoms with Crippen molar-refractivity contribution in [2.75, 3.05) is 0 Å². The predicted molar refractivity (Wildman–Crippen MR) is 43.0 cm³/mol. The maximum Gasteiger partial charge on any atom is 0.148 e. The molecule has 1 aromatic heterocycles. The lowest BCUT2D eigenvalue weighted by Crippen LogP contribution is -1.85. The van der Waals surface area contributed by atoms with Gasteiger partial charge in [0.1, 0.15) is 10.4 Å². The summed E-state index contributed by atoms with van der Waals surface area (Å²) in [5.41, 5.74) is 0.977. The van der Waals surface area contributed by atoms with Gasteiger partial charge < -0.3 is 5.11 Å². The molecule has 0 saturated heterocycles. The van der Waals surface area contributed by atoms with E-state index >= 15 is 0 Å². The molecule has 0 aliphatic heterocycles. The smallest absolute Gasteiger partial charge is 0.148 e. The lowest BCUT2D eigenvalue weighted by molar-refractivity contribution is 0.468. The maximum absolute atomic E-state index is 9.03. The molecule has 10 heavy (non-hydrogen) atoms. The summed E-state index contributed by atoms with van der Waals surface area (Å²) in [6.07, 6.45) is 0.888. The van der Waals surface area contributed by atoms with Gasteiger partial charge >= 0.3 is 0 Å². The molecule has 1 rings (SSSR count). The number of rotatable bonds is 1. The summed E-state index contributed by atoms with van der Waals surface area (Å²) in [6.45, 7) is 2.02. The van der Waals surface area contributed by atoms with Crippen LogP contribution in [0.1, 0.15) is 12.6 Å². The molecule has 0 aliphatic rings. The Hall–Kier alpha value is -0.570. The third-order valence-electron chi connectivity index (χ3n) is 1.25. The van der Waals surface area contributed by atoms with Crippen LogP contribution in [0.3, 0.4) is 0 Å². The first kappa shape index (κ1) is 7.54. The molecule has 0 spiro atoms. The highest BCUT2D eigenvalue weighted by Gasteiger charge is 1.97. The number of aryl methyl sites for hydroxylation is 1. The molecule has 0 radical (unpaired) electrons. The zero-order valence-electron chi connectivity index (χ0n) is 5.63. The Kier molecular flexibility index (Phi) is 2.27. The van der Waals surface area contributed by atoms with Gasteiger partial charge in [-0.3, -0.25) is 0 Å². The maximum atomic E-state index is 9.03. The molecule has 0 atom stereocenters. The summed E-state index contributed by atoms with van der Waals surface area (Å²) >= 11 is 3.13. The van der Waals surface area contributed by atoms with Crippen molar-refractivity contribution in [1.82, 2.24) is 4.98 Å². The van der Waals surface area contributed by atoms with E-state index in [2.05, 4.69) is 20.9 Å². The molecule has 0 aromatic carbocycles. The van der Waals surface area contributed by atoms with E-state index in [-0.39, 0.29) is 5.75 Å². The summed E-state index contributed by atoms with van der Waals surface area (Å²) in [5.74, 6) is 0.192. The molecule has 2 nitrogen and oxygen atoms in total. The summed E-state index contributed by atoms with van der Waals surface area (Å²) in [5, 5.41) is 9.03. The largest absolute Gasteiger partial charge is 0.505 e. The number of hydrogen-bond acceptors (Lipinski definition) is 2. The Balaban J connectivity index is 3.04. The molecular weight excluding hydrogens is 194 g/mol. The van der Waals surface area contributed by atoms with Gasteiger partial charge in [0.2, 0.25) is 0 Å². The first-order valence-electron chi connectivity index (χ1n) is 3.08. The van der Waals surface area contributed by atoms with Crippen LogP contribution in [0.15, 0.2) is 16.7 Å². The fourth-order valence-electron chi connectivity index (χ4n) is 0.661. The minimum atomic E-state index is 0.192. The van der Waals surface area contributed by atoms with Crippen LogP contribution in [0, 0.1) is 0 Å². The molecule has 0 amide bonds. The number of halogens is 1. The van der Waals surface area contributed by atoms with Crippen LogP contribution in [0.25, 0.3) is 0 Å². The van der Waals surface area contributed by atoms with E-state index in [1.54, 1.807) is 12.1 Å². The van der Waals surface area contributed by atoms with Crippen LogP contribution in [0.2, 0.25) is 0 Å². The highest BCUT2D eigenvalue weighted by molar-refractivity contribution is 9.10. The Morgan fingerprint density at radius 2 is 2.30 bits per heavy atom. The highest BCUT2D eigenvalue weighted by atomic mass is 79.9. The molecule has 0 bridgehead atoms. The van der Waals surface area contributed by atoms with Crippen molar-refractivity contribution in [1.29, 1.82) is 0 Å². The zero-order valence-corrected chi connectivity index (χ0v) is 7.22. The van der Waals surface area contributed by atoms with Crippen molar-refractivity contribution < 1.29 is 5.11 Å². The number of nitrogens with zero attached hydrogens (tertiary/aromatic N) is 1. The Labute approximate surface area is 68.0 Å². The van der Waals surface area contributed by atoms with Crippen molar-refractivity contribution in [2.45, 2.75) is 13.3 Å². The van der Waals surface area contributed by atoms with Crippen LogP contribution in [0.4, 0.5) is 0 Å². The van der Waals surface area contributed by atoms with Gasteiger partial charge in [0.25, 0.3) is 0 Å². The molecule has 0 aliphatic carbocycles. The molecule has 54 valence electrons. The number of hydrogen-bond donors (Lipinski definition) is 1. The number of aromatic hydroxyl groups is 1. The Morgan fingerprint density at radius 3 is 2.80 bits per heavy atom. The molecule has 0 saturated carbocycles.